The number of imide groups is 1. The lowest BCUT2D eigenvalue weighted by Gasteiger charge is -2.14. The van der Waals surface area contributed by atoms with Crippen LogP contribution in [0.1, 0.15) is 19.3 Å². The van der Waals surface area contributed by atoms with E-state index >= 15 is 0 Å². The van der Waals surface area contributed by atoms with Crippen LogP contribution in [0.4, 0.5) is 0 Å². The van der Waals surface area contributed by atoms with Crippen molar-refractivity contribution < 1.29 is 9.59 Å². The van der Waals surface area contributed by atoms with Gasteiger partial charge in [-0.1, -0.05) is 12.2 Å². The fraction of sp³-hybridized carbons (Fsp3) is 0.636. The van der Waals surface area contributed by atoms with Gasteiger partial charge < -0.3 is 5.73 Å². The molecule has 4 nitrogen and oxygen atoms in total. The molecule has 1 heterocycles. The summed E-state index contributed by atoms with van der Waals surface area (Å²) in [4.78, 5) is 25.4. The molecule has 0 aromatic heterocycles. The molecule has 2 fully saturated rings. The van der Waals surface area contributed by atoms with Gasteiger partial charge in [0.1, 0.15) is 0 Å². The zero-order chi connectivity index (χ0) is 10.6. The van der Waals surface area contributed by atoms with Crippen molar-refractivity contribution in [2.24, 2.45) is 17.6 Å². The van der Waals surface area contributed by atoms with E-state index in [1.54, 1.807) is 0 Å². The maximum absolute atomic E-state index is 12.0. The lowest BCUT2D eigenvalue weighted by Crippen LogP contribution is -2.36. The summed E-state index contributed by atoms with van der Waals surface area (Å²) < 4.78 is 0. The van der Waals surface area contributed by atoms with Gasteiger partial charge in [-0.15, -0.1) is 0 Å². The van der Waals surface area contributed by atoms with Crippen LogP contribution in [0.25, 0.3) is 0 Å². The lowest BCUT2D eigenvalue weighted by molar-refractivity contribution is -0.140. The lowest BCUT2D eigenvalue weighted by atomic mass is 9.85. The molecule has 2 aliphatic carbocycles. The van der Waals surface area contributed by atoms with Crippen LogP contribution in [-0.2, 0) is 9.59 Å². The molecule has 1 saturated heterocycles. The number of amides is 2. The van der Waals surface area contributed by atoms with Gasteiger partial charge in [0, 0.05) is 6.04 Å². The molecule has 0 spiro atoms. The Labute approximate surface area is 88.1 Å². The summed E-state index contributed by atoms with van der Waals surface area (Å²) in [5.41, 5.74) is 5.70. The van der Waals surface area contributed by atoms with Crippen molar-refractivity contribution in [1.82, 2.24) is 4.90 Å². The Kier molecular flexibility index (Phi) is 1.77. The molecular weight excluding hydrogens is 192 g/mol. The van der Waals surface area contributed by atoms with Crippen molar-refractivity contribution in [3.63, 3.8) is 0 Å². The number of likely N-dealkylation sites (tertiary alicyclic amines) is 1. The van der Waals surface area contributed by atoms with E-state index in [0.29, 0.717) is 12.8 Å². The number of rotatable bonds is 1. The third-order valence-corrected chi connectivity index (χ3v) is 3.68. The highest BCUT2D eigenvalue weighted by atomic mass is 16.2. The Morgan fingerprint density at radius 1 is 1.13 bits per heavy atom. The van der Waals surface area contributed by atoms with E-state index in [1.807, 2.05) is 12.2 Å². The number of fused-ring (bicyclic) bond motifs is 1. The molecule has 3 aliphatic rings. The van der Waals surface area contributed by atoms with Crippen molar-refractivity contribution >= 4 is 11.8 Å². The normalized spacial score (nSPS) is 43.4. The molecule has 4 atom stereocenters. The summed E-state index contributed by atoms with van der Waals surface area (Å²) in [6.07, 6.45) is 6.22. The first-order valence-electron chi connectivity index (χ1n) is 5.47. The predicted molar refractivity (Wildman–Crippen MR) is 53.6 cm³/mol. The van der Waals surface area contributed by atoms with Crippen molar-refractivity contribution in [3.05, 3.63) is 12.2 Å². The van der Waals surface area contributed by atoms with Crippen LogP contribution in [0, 0.1) is 11.8 Å². The number of allylic oxidation sites excluding steroid dienone is 2. The highest BCUT2D eigenvalue weighted by Crippen LogP contribution is 2.40. The van der Waals surface area contributed by atoms with E-state index in [9.17, 15) is 9.59 Å². The quantitative estimate of drug-likeness (QED) is 0.486. The third-order valence-electron chi connectivity index (χ3n) is 3.68. The van der Waals surface area contributed by atoms with Gasteiger partial charge in [-0.25, -0.2) is 0 Å². The third kappa shape index (κ3) is 1.17. The molecule has 0 radical (unpaired) electrons. The number of nitrogens with zero attached hydrogens (tertiary/aromatic N) is 1. The second-order valence-electron chi connectivity index (χ2n) is 4.67. The fourth-order valence-electron chi connectivity index (χ4n) is 2.65. The molecule has 4 heteroatoms. The Morgan fingerprint density at radius 2 is 1.60 bits per heavy atom. The van der Waals surface area contributed by atoms with Crippen molar-refractivity contribution in [1.29, 1.82) is 0 Å². The van der Waals surface area contributed by atoms with Crippen LogP contribution in [0.2, 0.25) is 0 Å². The SMILES string of the molecule is NC1CC1N1C(=O)[C@H]2CC=CC[C@H]2C1=O. The van der Waals surface area contributed by atoms with Crippen LogP contribution >= 0.6 is 0 Å². The maximum Gasteiger partial charge on any atom is 0.233 e. The number of hydrogen-bond acceptors (Lipinski definition) is 3. The fourth-order valence-corrected chi connectivity index (χ4v) is 2.65. The van der Waals surface area contributed by atoms with E-state index in [0.717, 1.165) is 6.42 Å². The summed E-state index contributed by atoms with van der Waals surface area (Å²) >= 11 is 0. The molecule has 80 valence electrons. The molecule has 2 amide bonds. The Hall–Kier alpha value is -1.16. The zero-order valence-electron chi connectivity index (χ0n) is 8.43. The Balaban J connectivity index is 1.88. The van der Waals surface area contributed by atoms with Crippen LogP contribution in [0.15, 0.2) is 12.2 Å². The zero-order valence-corrected chi connectivity index (χ0v) is 8.43. The van der Waals surface area contributed by atoms with Crippen LogP contribution in [0.3, 0.4) is 0 Å². The molecule has 1 aliphatic heterocycles. The van der Waals surface area contributed by atoms with Gasteiger partial charge in [-0.2, -0.15) is 0 Å². The van der Waals surface area contributed by atoms with Gasteiger partial charge in [-0.05, 0) is 19.3 Å². The van der Waals surface area contributed by atoms with Gasteiger partial charge in [0.15, 0.2) is 0 Å². The summed E-state index contributed by atoms with van der Waals surface area (Å²) in [5, 5.41) is 0. The second-order valence-corrected chi connectivity index (χ2v) is 4.67. The maximum atomic E-state index is 12.0. The molecule has 0 aromatic rings. The van der Waals surface area contributed by atoms with E-state index in [4.69, 9.17) is 5.73 Å². The van der Waals surface area contributed by atoms with E-state index < -0.39 is 0 Å². The van der Waals surface area contributed by atoms with Gasteiger partial charge >= 0.3 is 0 Å². The second kappa shape index (κ2) is 2.92. The first-order chi connectivity index (χ1) is 7.20. The number of carbonyl (C=O) groups is 2. The average molecular weight is 206 g/mol. The highest BCUT2D eigenvalue weighted by molar-refractivity contribution is 6.06. The molecule has 3 rings (SSSR count). The largest absolute Gasteiger partial charge is 0.326 e. The summed E-state index contributed by atoms with van der Waals surface area (Å²) in [6.45, 7) is 0. The van der Waals surface area contributed by atoms with Crippen LogP contribution in [0.5, 0.6) is 0 Å². The highest BCUT2D eigenvalue weighted by Gasteiger charge is 2.54. The Morgan fingerprint density at radius 3 is 2.00 bits per heavy atom. The first kappa shape index (κ1) is 9.09. The van der Waals surface area contributed by atoms with Gasteiger partial charge in [0.2, 0.25) is 11.8 Å². The topological polar surface area (TPSA) is 63.4 Å². The van der Waals surface area contributed by atoms with E-state index in [2.05, 4.69) is 0 Å². The van der Waals surface area contributed by atoms with E-state index in [1.165, 1.54) is 4.90 Å². The van der Waals surface area contributed by atoms with Crippen molar-refractivity contribution in [3.8, 4) is 0 Å². The summed E-state index contributed by atoms with van der Waals surface area (Å²) in [6, 6.07) is 0.0154. The molecule has 2 unspecified atom stereocenters. The summed E-state index contributed by atoms with van der Waals surface area (Å²) in [5.74, 6) is -0.190. The minimum Gasteiger partial charge on any atom is -0.326 e. The minimum absolute atomic E-state index is 0.00407. The van der Waals surface area contributed by atoms with Gasteiger partial charge in [0.05, 0.1) is 17.9 Å². The smallest absolute Gasteiger partial charge is 0.233 e. The van der Waals surface area contributed by atoms with Gasteiger partial charge in [0.25, 0.3) is 0 Å². The summed E-state index contributed by atoms with van der Waals surface area (Å²) in [7, 11) is 0. The van der Waals surface area contributed by atoms with E-state index in [-0.39, 0.29) is 35.7 Å². The number of hydrogen-bond donors (Lipinski definition) is 1. The van der Waals surface area contributed by atoms with Crippen molar-refractivity contribution in [2.45, 2.75) is 31.3 Å². The van der Waals surface area contributed by atoms with Crippen LogP contribution in [-0.4, -0.2) is 28.8 Å². The molecule has 2 N–H and O–H groups in total. The monoisotopic (exact) mass is 206 g/mol. The molecule has 1 saturated carbocycles. The standard InChI is InChI=1S/C11H14N2O2/c12-8-5-9(8)13-10(14)6-3-1-2-4-7(6)11(13)15/h1-2,6-9H,3-5,12H2/t6-,7+,8?,9?. The molecule has 0 aromatic carbocycles. The van der Waals surface area contributed by atoms with Crippen LogP contribution < -0.4 is 5.73 Å². The average Bonchev–Trinajstić information content (AvgIpc) is 2.89. The Bertz CT molecular complexity index is 338. The number of carbonyl (C=O) groups excluding carboxylic acids is 2. The minimum atomic E-state index is -0.102. The predicted octanol–water partition coefficient (Wildman–Crippen LogP) is 0.0372. The van der Waals surface area contributed by atoms with Crippen molar-refractivity contribution in [2.75, 3.05) is 0 Å². The molecule has 15 heavy (non-hydrogen) atoms. The molecule has 0 bridgehead atoms. The molecular formula is C11H14N2O2. The first-order valence-corrected chi connectivity index (χ1v) is 5.47. The number of nitrogens with two attached hydrogens (primary N) is 1. The van der Waals surface area contributed by atoms with Gasteiger partial charge in [-0.3, -0.25) is 14.5 Å².